The zero-order valence-electron chi connectivity index (χ0n) is 10.1. The normalized spacial score (nSPS) is 18.8. The van der Waals surface area contributed by atoms with Crippen LogP contribution in [-0.4, -0.2) is 51.7 Å². The third-order valence-corrected chi connectivity index (χ3v) is 3.09. The number of nitro groups is 1. The largest absolute Gasteiger partial charge is 0.389 e. The van der Waals surface area contributed by atoms with Gasteiger partial charge in [0.1, 0.15) is 6.54 Å². The number of carbonyl (C=O) groups excluding carboxylic acids is 1. The molecule has 8 heteroatoms. The number of hydrogen-bond donors (Lipinski definition) is 1. The van der Waals surface area contributed by atoms with Crippen LogP contribution >= 0.6 is 0 Å². The minimum absolute atomic E-state index is 0.0286. The van der Waals surface area contributed by atoms with Gasteiger partial charge in [0.05, 0.1) is 17.4 Å². The zero-order valence-corrected chi connectivity index (χ0v) is 10.1. The van der Waals surface area contributed by atoms with Crippen molar-refractivity contribution in [1.82, 2.24) is 20.0 Å². The van der Waals surface area contributed by atoms with Gasteiger partial charge in [-0.3, -0.25) is 4.79 Å². The number of nitrogens with one attached hydrogen (secondary N) is 1. The van der Waals surface area contributed by atoms with Gasteiger partial charge in [0, 0.05) is 19.6 Å². The van der Waals surface area contributed by atoms with E-state index < -0.39 is 4.92 Å². The summed E-state index contributed by atoms with van der Waals surface area (Å²) in [5.41, 5.74) is 0. The van der Waals surface area contributed by atoms with Crippen LogP contribution in [0.25, 0.3) is 0 Å². The Kier molecular flexibility index (Phi) is 3.56. The van der Waals surface area contributed by atoms with E-state index in [2.05, 4.69) is 10.4 Å². The second kappa shape index (κ2) is 5.13. The lowest BCUT2D eigenvalue weighted by Crippen LogP contribution is -2.40. The summed E-state index contributed by atoms with van der Waals surface area (Å²) in [4.78, 5) is 23.5. The van der Waals surface area contributed by atoms with Crippen molar-refractivity contribution < 1.29 is 9.72 Å². The first kappa shape index (κ1) is 12.5. The van der Waals surface area contributed by atoms with Crippen LogP contribution in [0.15, 0.2) is 12.3 Å². The van der Waals surface area contributed by atoms with Crippen molar-refractivity contribution in [3.63, 3.8) is 0 Å². The van der Waals surface area contributed by atoms with E-state index in [4.69, 9.17) is 0 Å². The van der Waals surface area contributed by atoms with E-state index >= 15 is 0 Å². The molecule has 0 aromatic carbocycles. The quantitative estimate of drug-likeness (QED) is 0.582. The molecular formula is C10H15N5O3. The second-order valence-electron chi connectivity index (χ2n) is 4.28. The van der Waals surface area contributed by atoms with Crippen LogP contribution in [0.2, 0.25) is 0 Å². The molecule has 2 heterocycles. The fraction of sp³-hybridized carbons (Fsp3) is 0.600. The summed E-state index contributed by atoms with van der Waals surface area (Å²) >= 11 is 0. The molecule has 0 aliphatic carbocycles. The number of hydrogen-bond acceptors (Lipinski definition) is 5. The molecule has 0 saturated carbocycles. The Morgan fingerprint density at radius 3 is 3.11 bits per heavy atom. The van der Waals surface area contributed by atoms with Crippen molar-refractivity contribution in [2.75, 3.05) is 20.1 Å². The molecule has 8 nitrogen and oxygen atoms in total. The molecule has 98 valence electrons. The summed E-state index contributed by atoms with van der Waals surface area (Å²) in [7, 11) is 1.75. The van der Waals surface area contributed by atoms with E-state index in [1.807, 2.05) is 0 Å². The van der Waals surface area contributed by atoms with Crippen molar-refractivity contribution in [2.45, 2.75) is 19.0 Å². The highest BCUT2D eigenvalue weighted by Crippen LogP contribution is 2.09. The topological polar surface area (TPSA) is 93.3 Å². The number of likely N-dealkylation sites (N-methyl/N-ethyl adjacent to an activating group) is 1. The van der Waals surface area contributed by atoms with Gasteiger partial charge < -0.3 is 20.3 Å². The minimum atomic E-state index is -0.578. The molecule has 1 aliphatic heterocycles. The van der Waals surface area contributed by atoms with E-state index in [0.29, 0.717) is 0 Å². The lowest BCUT2D eigenvalue weighted by Gasteiger charge is -2.23. The van der Waals surface area contributed by atoms with Gasteiger partial charge in [-0.15, -0.1) is 0 Å². The summed E-state index contributed by atoms with van der Waals surface area (Å²) in [5.74, 6) is -0.338. The monoisotopic (exact) mass is 253 g/mol. The molecule has 1 unspecified atom stereocenters. The molecule has 0 spiro atoms. The SMILES string of the molecule is CN(C(=O)Cn1ccc([N+](=O)[O-])n1)C1CCNC1. The molecule has 1 fully saturated rings. The second-order valence-corrected chi connectivity index (χ2v) is 4.28. The van der Waals surface area contributed by atoms with Crippen LogP contribution in [-0.2, 0) is 11.3 Å². The summed E-state index contributed by atoms with van der Waals surface area (Å²) in [6.07, 6.45) is 2.37. The summed E-state index contributed by atoms with van der Waals surface area (Å²) in [5, 5.41) is 17.4. The van der Waals surface area contributed by atoms with E-state index in [1.165, 1.54) is 16.9 Å². The van der Waals surface area contributed by atoms with Crippen molar-refractivity contribution >= 4 is 11.7 Å². The van der Waals surface area contributed by atoms with Gasteiger partial charge >= 0.3 is 5.82 Å². The maximum atomic E-state index is 11.9. The highest BCUT2D eigenvalue weighted by molar-refractivity contribution is 5.76. The summed E-state index contributed by atoms with van der Waals surface area (Å²) in [6, 6.07) is 1.48. The van der Waals surface area contributed by atoms with Gasteiger partial charge in [0.15, 0.2) is 0 Å². The van der Waals surface area contributed by atoms with Crippen LogP contribution in [0.3, 0.4) is 0 Å². The number of carbonyl (C=O) groups is 1. The van der Waals surface area contributed by atoms with Crippen molar-refractivity contribution in [2.24, 2.45) is 0 Å². The van der Waals surface area contributed by atoms with Crippen LogP contribution in [0.1, 0.15) is 6.42 Å². The average molecular weight is 253 g/mol. The van der Waals surface area contributed by atoms with Gasteiger partial charge in [-0.05, 0) is 17.9 Å². The maximum Gasteiger partial charge on any atom is 0.389 e. The van der Waals surface area contributed by atoms with Crippen molar-refractivity contribution in [3.05, 3.63) is 22.4 Å². The van der Waals surface area contributed by atoms with Gasteiger partial charge in [-0.1, -0.05) is 0 Å². The summed E-state index contributed by atoms with van der Waals surface area (Å²) < 4.78 is 1.29. The predicted molar refractivity (Wildman–Crippen MR) is 62.9 cm³/mol. The van der Waals surface area contributed by atoms with Crippen molar-refractivity contribution in [3.8, 4) is 0 Å². The van der Waals surface area contributed by atoms with Crippen molar-refractivity contribution in [1.29, 1.82) is 0 Å². The molecule has 0 radical (unpaired) electrons. The highest BCUT2D eigenvalue weighted by atomic mass is 16.6. The molecule has 1 aromatic rings. The Balaban J connectivity index is 1.95. The molecule has 1 atom stereocenters. The maximum absolute atomic E-state index is 11.9. The molecule has 0 bridgehead atoms. The lowest BCUT2D eigenvalue weighted by atomic mass is 10.2. The predicted octanol–water partition coefficient (Wildman–Crippen LogP) is -0.388. The average Bonchev–Trinajstić information content (AvgIpc) is 2.98. The van der Waals surface area contributed by atoms with Gasteiger partial charge in [-0.25, -0.2) is 0 Å². The number of amides is 1. The Bertz CT molecular complexity index is 452. The third-order valence-electron chi connectivity index (χ3n) is 3.09. The Morgan fingerprint density at radius 1 is 1.78 bits per heavy atom. The fourth-order valence-corrected chi connectivity index (χ4v) is 1.96. The van der Waals surface area contributed by atoms with Crippen LogP contribution in [0.5, 0.6) is 0 Å². The zero-order chi connectivity index (χ0) is 13.1. The van der Waals surface area contributed by atoms with E-state index in [-0.39, 0.29) is 24.3 Å². The number of nitrogens with zero attached hydrogens (tertiary/aromatic N) is 4. The first-order valence-corrected chi connectivity index (χ1v) is 5.72. The lowest BCUT2D eigenvalue weighted by molar-refractivity contribution is -0.389. The first-order valence-electron chi connectivity index (χ1n) is 5.72. The van der Waals surface area contributed by atoms with E-state index in [1.54, 1.807) is 11.9 Å². The summed E-state index contributed by atoms with van der Waals surface area (Å²) in [6.45, 7) is 1.73. The molecule has 2 rings (SSSR count). The molecule has 1 aromatic heterocycles. The molecule has 1 N–H and O–H groups in total. The molecule has 1 aliphatic rings. The minimum Gasteiger partial charge on any atom is -0.358 e. The Hall–Kier alpha value is -1.96. The third kappa shape index (κ3) is 2.65. The fourth-order valence-electron chi connectivity index (χ4n) is 1.96. The van der Waals surface area contributed by atoms with Crippen LogP contribution < -0.4 is 5.32 Å². The van der Waals surface area contributed by atoms with Crippen LogP contribution in [0.4, 0.5) is 5.82 Å². The van der Waals surface area contributed by atoms with Gasteiger partial charge in [0.2, 0.25) is 5.91 Å². The number of aromatic nitrogens is 2. The molecule has 1 amide bonds. The smallest absolute Gasteiger partial charge is 0.358 e. The number of rotatable bonds is 4. The van der Waals surface area contributed by atoms with Crippen LogP contribution in [0, 0.1) is 10.1 Å². The van der Waals surface area contributed by atoms with Gasteiger partial charge in [0.25, 0.3) is 0 Å². The molecular weight excluding hydrogens is 238 g/mol. The Morgan fingerprint density at radius 2 is 2.56 bits per heavy atom. The molecule has 18 heavy (non-hydrogen) atoms. The first-order chi connectivity index (χ1) is 8.58. The van der Waals surface area contributed by atoms with Gasteiger partial charge in [-0.2, -0.15) is 4.68 Å². The highest BCUT2D eigenvalue weighted by Gasteiger charge is 2.24. The van der Waals surface area contributed by atoms with E-state index in [0.717, 1.165) is 19.5 Å². The Labute approximate surface area is 104 Å². The van der Waals surface area contributed by atoms with E-state index in [9.17, 15) is 14.9 Å². The standard InChI is InChI=1S/C10H15N5O3/c1-13(8-2-4-11-6-8)10(16)7-14-5-3-9(12-14)15(17)18/h3,5,8,11H,2,4,6-7H2,1H3. The molecule has 1 saturated heterocycles.